The molecule has 1 saturated heterocycles. The summed E-state index contributed by atoms with van der Waals surface area (Å²) in [7, 11) is 1.57. The van der Waals surface area contributed by atoms with Gasteiger partial charge in [-0.3, -0.25) is 14.5 Å². The van der Waals surface area contributed by atoms with Gasteiger partial charge in [0.25, 0.3) is 0 Å². The van der Waals surface area contributed by atoms with E-state index in [-0.39, 0.29) is 18.2 Å². The lowest BCUT2D eigenvalue weighted by Gasteiger charge is -2.32. The van der Waals surface area contributed by atoms with Gasteiger partial charge in [-0.25, -0.2) is 9.38 Å². The molecular weight excluding hydrogens is 441 g/mol. The van der Waals surface area contributed by atoms with Crippen LogP contribution in [-0.2, 0) is 16.1 Å². The molecule has 6 nitrogen and oxygen atoms in total. The SMILES string of the molecule is COc1ccc(NC(=O)[C@@H]2CC(=O)N(Cc3ccccc3)C(=Nc3cccc(F)c3)S2)cc1. The molecule has 0 unspecified atom stereocenters. The molecule has 2 amide bonds. The van der Waals surface area contributed by atoms with Gasteiger partial charge < -0.3 is 10.1 Å². The van der Waals surface area contributed by atoms with Crippen molar-refractivity contribution in [3.8, 4) is 5.75 Å². The van der Waals surface area contributed by atoms with Crippen molar-refractivity contribution >= 4 is 40.1 Å². The van der Waals surface area contributed by atoms with E-state index in [1.54, 1.807) is 48.4 Å². The lowest BCUT2D eigenvalue weighted by molar-refractivity contribution is -0.129. The van der Waals surface area contributed by atoms with Crippen LogP contribution in [-0.4, -0.2) is 34.2 Å². The van der Waals surface area contributed by atoms with E-state index < -0.39 is 11.1 Å². The van der Waals surface area contributed by atoms with Crippen molar-refractivity contribution in [1.82, 2.24) is 4.90 Å². The molecule has 1 aliphatic heterocycles. The Kier molecular flexibility index (Phi) is 7.04. The lowest BCUT2D eigenvalue weighted by Crippen LogP contribution is -2.44. The predicted molar refractivity (Wildman–Crippen MR) is 128 cm³/mol. The first-order chi connectivity index (χ1) is 16.0. The van der Waals surface area contributed by atoms with Gasteiger partial charge in [0.2, 0.25) is 11.8 Å². The highest BCUT2D eigenvalue weighted by molar-refractivity contribution is 8.15. The van der Waals surface area contributed by atoms with Crippen LogP contribution < -0.4 is 10.1 Å². The van der Waals surface area contributed by atoms with E-state index in [2.05, 4.69) is 10.3 Å². The normalized spacial score (nSPS) is 17.2. The number of anilines is 1. The third kappa shape index (κ3) is 5.78. The first kappa shape index (κ1) is 22.5. The van der Waals surface area contributed by atoms with Crippen molar-refractivity contribution in [2.45, 2.75) is 18.2 Å². The number of hydrogen-bond donors (Lipinski definition) is 1. The van der Waals surface area contributed by atoms with Crippen LogP contribution in [0.4, 0.5) is 15.8 Å². The molecule has 0 radical (unpaired) electrons. The van der Waals surface area contributed by atoms with Crippen LogP contribution in [0.15, 0.2) is 83.9 Å². The van der Waals surface area contributed by atoms with Gasteiger partial charge in [-0.15, -0.1) is 0 Å². The number of hydrogen-bond acceptors (Lipinski definition) is 5. The second kappa shape index (κ2) is 10.3. The number of halogens is 1. The fourth-order valence-corrected chi connectivity index (χ4v) is 4.41. The summed E-state index contributed by atoms with van der Waals surface area (Å²) in [6.45, 7) is 0.313. The molecule has 168 valence electrons. The molecule has 1 N–H and O–H groups in total. The molecule has 1 atom stereocenters. The maximum absolute atomic E-state index is 13.7. The molecule has 4 rings (SSSR count). The number of rotatable bonds is 6. The summed E-state index contributed by atoms with van der Waals surface area (Å²) in [6, 6.07) is 22.3. The zero-order valence-corrected chi connectivity index (χ0v) is 18.7. The first-order valence-electron chi connectivity index (χ1n) is 10.3. The average molecular weight is 464 g/mol. The molecule has 0 bridgehead atoms. The summed E-state index contributed by atoms with van der Waals surface area (Å²) in [5, 5.41) is 2.53. The minimum Gasteiger partial charge on any atom is -0.497 e. The Morgan fingerprint density at radius 2 is 1.88 bits per heavy atom. The van der Waals surface area contributed by atoms with Crippen molar-refractivity contribution in [3.05, 3.63) is 90.2 Å². The minimum absolute atomic E-state index is 0.0294. The maximum atomic E-state index is 13.7. The van der Waals surface area contributed by atoms with Crippen LogP contribution >= 0.6 is 11.8 Å². The highest BCUT2D eigenvalue weighted by Gasteiger charge is 2.36. The molecule has 8 heteroatoms. The van der Waals surface area contributed by atoms with Crippen molar-refractivity contribution in [2.75, 3.05) is 12.4 Å². The van der Waals surface area contributed by atoms with Gasteiger partial charge in [-0.2, -0.15) is 0 Å². The monoisotopic (exact) mass is 463 g/mol. The van der Waals surface area contributed by atoms with Gasteiger partial charge in [0.1, 0.15) is 16.8 Å². The second-order valence-electron chi connectivity index (χ2n) is 7.37. The topological polar surface area (TPSA) is 71.0 Å². The zero-order chi connectivity index (χ0) is 23.2. The molecule has 33 heavy (non-hydrogen) atoms. The number of thioether (sulfide) groups is 1. The molecule has 0 aromatic heterocycles. The van der Waals surface area contributed by atoms with Gasteiger partial charge in [0, 0.05) is 12.1 Å². The number of aliphatic imine (C=N–C) groups is 1. The number of amidine groups is 1. The first-order valence-corrected chi connectivity index (χ1v) is 11.2. The van der Waals surface area contributed by atoms with Crippen LogP contribution in [0.3, 0.4) is 0 Å². The Labute approximate surface area is 195 Å². The number of carbonyl (C=O) groups is 2. The fourth-order valence-electron chi connectivity index (χ4n) is 3.32. The van der Waals surface area contributed by atoms with Crippen molar-refractivity contribution < 1.29 is 18.7 Å². The highest BCUT2D eigenvalue weighted by atomic mass is 32.2. The summed E-state index contributed by atoms with van der Waals surface area (Å²) >= 11 is 1.19. The van der Waals surface area contributed by atoms with Crippen LogP contribution in [0.5, 0.6) is 5.75 Å². The average Bonchev–Trinajstić information content (AvgIpc) is 2.82. The van der Waals surface area contributed by atoms with E-state index in [4.69, 9.17) is 4.74 Å². The fraction of sp³-hybridized carbons (Fsp3) is 0.160. The van der Waals surface area contributed by atoms with Crippen LogP contribution in [0.25, 0.3) is 0 Å². The molecule has 1 aliphatic rings. The van der Waals surface area contributed by atoms with Crippen LogP contribution in [0.1, 0.15) is 12.0 Å². The van der Waals surface area contributed by atoms with Crippen molar-refractivity contribution in [3.63, 3.8) is 0 Å². The molecule has 0 aliphatic carbocycles. The molecule has 0 saturated carbocycles. The largest absolute Gasteiger partial charge is 0.497 e. The van der Waals surface area contributed by atoms with E-state index in [9.17, 15) is 14.0 Å². The standard InChI is InChI=1S/C25H22FN3O3S/c1-32-21-12-10-19(11-13-21)27-24(31)22-15-23(30)29(16-17-6-3-2-4-7-17)25(33-22)28-20-9-5-8-18(26)14-20/h2-14,22H,15-16H2,1H3,(H,27,31)/t22-/m0/s1. The Hall–Kier alpha value is -3.65. The summed E-state index contributed by atoms with van der Waals surface area (Å²) < 4.78 is 18.8. The zero-order valence-electron chi connectivity index (χ0n) is 17.9. The number of nitrogens with one attached hydrogen (secondary N) is 1. The summed E-state index contributed by atoms with van der Waals surface area (Å²) in [6.07, 6.45) is 0.0294. The van der Waals surface area contributed by atoms with E-state index in [1.807, 2.05) is 30.3 Å². The van der Waals surface area contributed by atoms with Gasteiger partial charge in [-0.05, 0) is 48.0 Å². The summed E-state index contributed by atoms with van der Waals surface area (Å²) in [4.78, 5) is 32.1. The van der Waals surface area contributed by atoms with Crippen LogP contribution in [0.2, 0.25) is 0 Å². The van der Waals surface area contributed by atoms with Gasteiger partial charge in [0.05, 0.1) is 19.3 Å². The Bertz CT molecular complexity index is 1170. The number of ether oxygens (including phenoxy) is 1. The third-order valence-corrected chi connectivity index (χ3v) is 6.19. The highest BCUT2D eigenvalue weighted by Crippen LogP contribution is 2.31. The number of methoxy groups -OCH3 is 1. The van der Waals surface area contributed by atoms with Gasteiger partial charge in [0.15, 0.2) is 5.17 Å². The number of amides is 2. The van der Waals surface area contributed by atoms with E-state index >= 15 is 0 Å². The number of benzene rings is 3. The van der Waals surface area contributed by atoms with E-state index in [0.29, 0.717) is 28.8 Å². The quantitative estimate of drug-likeness (QED) is 0.559. The Morgan fingerprint density at radius 3 is 2.58 bits per heavy atom. The van der Waals surface area contributed by atoms with E-state index in [0.717, 1.165) is 5.56 Å². The Balaban J connectivity index is 1.58. The summed E-state index contributed by atoms with van der Waals surface area (Å²) in [5.41, 5.74) is 1.91. The molecule has 0 spiro atoms. The smallest absolute Gasteiger partial charge is 0.238 e. The van der Waals surface area contributed by atoms with Gasteiger partial charge in [-0.1, -0.05) is 48.2 Å². The lowest BCUT2D eigenvalue weighted by atomic mass is 10.2. The van der Waals surface area contributed by atoms with E-state index in [1.165, 1.54) is 23.9 Å². The van der Waals surface area contributed by atoms with Crippen molar-refractivity contribution in [2.24, 2.45) is 4.99 Å². The predicted octanol–water partition coefficient (Wildman–Crippen LogP) is 4.99. The minimum atomic E-state index is -0.668. The summed E-state index contributed by atoms with van der Waals surface area (Å²) in [5.74, 6) is -0.267. The Morgan fingerprint density at radius 1 is 1.12 bits per heavy atom. The third-order valence-electron chi connectivity index (χ3n) is 5.01. The van der Waals surface area contributed by atoms with Crippen LogP contribution in [0, 0.1) is 5.82 Å². The number of nitrogens with zero attached hydrogens (tertiary/aromatic N) is 2. The number of carbonyl (C=O) groups excluding carboxylic acids is 2. The maximum Gasteiger partial charge on any atom is 0.238 e. The molecule has 3 aromatic rings. The second-order valence-corrected chi connectivity index (χ2v) is 8.54. The van der Waals surface area contributed by atoms with Gasteiger partial charge >= 0.3 is 0 Å². The molecule has 1 heterocycles. The van der Waals surface area contributed by atoms with Crippen molar-refractivity contribution in [1.29, 1.82) is 0 Å². The molecule has 3 aromatic carbocycles. The molecular formula is C25H22FN3O3S. The molecule has 1 fully saturated rings.